The van der Waals surface area contributed by atoms with Crippen molar-refractivity contribution < 1.29 is 8.42 Å². The van der Waals surface area contributed by atoms with E-state index in [0.29, 0.717) is 10.7 Å². The van der Waals surface area contributed by atoms with Crippen LogP contribution in [0.1, 0.15) is 26.3 Å². The van der Waals surface area contributed by atoms with Crippen LogP contribution >= 0.6 is 23.2 Å². The van der Waals surface area contributed by atoms with Gasteiger partial charge in [0.1, 0.15) is 0 Å². The minimum atomic E-state index is -3.69. The molecule has 0 aromatic heterocycles. The topological polar surface area (TPSA) is 46.2 Å². The Kier molecular flexibility index (Phi) is 4.76. The van der Waals surface area contributed by atoms with Crippen LogP contribution < -0.4 is 4.72 Å². The van der Waals surface area contributed by atoms with Gasteiger partial charge in [-0.05, 0) is 41.3 Å². The monoisotopic (exact) mass is 357 g/mol. The van der Waals surface area contributed by atoms with Gasteiger partial charge in [-0.2, -0.15) is 0 Å². The highest BCUT2D eigenvalue weighted by molar-refractivity contribution is 7.92. The number of anilines is 1. The molecule has 0 heterocycles. The van der Waals surface area contributed by atoms with Crippen molar-refractivity contribution in [2.75, 3.05) is 4.72 Å². The van der Waals surface area contributed by atoms with Gasteiger partial charge in [0.2, 0.25) is 0 Å². The molecule has 0 spiro atoms. The molecule has 1 N–H and O–H groups in total. The lowest BCUT2D eigenvalue weighted by atomic mass is 9.87. The fraction of sp³-hybridized carbons (Fsp3) is 0.250. The maximum atomic E-state index is 12.3. The maximum absolute atomic E-state index is 12.3. The fourth-order valence-corrected chi connectivity index (χ4v) is 3.34. The molecule has 0 aliphatic heterocycles. The van der Waals surface area contributed by atoms with E-state index in [-0.39, 0.29) is 15.3 Å². The lowest BCUT2D eigenvalue weighted by Crippen LogP contribution is -2.14. The first-order valence-corrected chi connectivity index (χ1v) is 8.92. The SMILES string of the molecule is CC(C)(C)c1ccc(NS(=O)(=O)c2ccc(Cl)c(Cl)c2)cc1. The van der Waals surface area contributed by atoms with E-state index in [2.05, 4.69) is 25.5 Å². The van der Waals surface area contributed by atoms with Crippen molar-refractivity contribution in [1.82, 2.24) is 0 Å². The first-order chi connectivity index (χ1) is 10.1. The van der Waals surface area contributed by atoms with Crippen molar-refractivity contribution >= 4 is 38.9 Å². The highest BCUT2D eigenvalue weighted by atomic mass is 35.5. The van der Waals surface area contributed by atoms with Crippen molar-refractivity contribution in [3.05, 3.63) is 58.1 Å². The van der Waals surface area contributed by atoms with E-state index in [1.165, 1.54) is 18.2 Å². The Morgan fingerprint density at radius 2 is 1.50 bits per heavy atom. The third-order valence-corrected chi connectivity index (χ3v) is 5.32. The van der Waals surface area contributed by atoms with E-state index in [1.807, 2.05) is 12.1 Å². The van der Waals surface area contributed by atoms with E-state index in [1.54, 1.807) is 12.1 Å². The third-order valence-electron chi connectivity index (χ3n) is 3.20. The smallest absolute Gasteiger partial charge is 0.261 e. The molecule has 0 bridgehead atoms. The van der Waals surface area contributed by atoms with Gasteiger partial charge in [0, 0.05) is 5.69 Å². The van der Waals surface area contributed by atoms with Crippen molar-refractivity contribution in [2.45, 2.75) is 31.1 Å². The Bertz CT molecular complexity index is 779. The number of rotatable bonds is 3. The van der Waals surface area contributed by atoms with Crippen LogP contribution in [-0.2, 0) is 15.4 Å². The van der Waals surface area contributed by atoms with Crippen LogP contribution in [0.3, 0.4) is 0 Å². The van der Waals surface area contributed by atoms with Crippen LogP contribution in [-0.4, -0.2) is 8.42 Å². The largest absolute Gasteiger partial charge is 0.280 e. The highest BCUT2D eigenvalue weighted by Crippen LogP contribution is 2.27. The van der Waals surface area contributed by atoms with Gasteiger partial charge in [-0.15, -0.1) is 0 Å². The Balaban J connectivity index is 2.27. The molecule has 0 saturated heterocycles. The van der Waals surface area contributed by atoms with Crippen molar-refractivity contribution in [1.29, 1.82) is 0 Å². The number of benzene rings is 2. The van der Waals surface area contributed by atoms with Gasteiger partial charge >= 0.3 is 0 Å². The van der Waals surface area contributed by atoms with Crippen LogP contribution in [0.4, 0.5) is 5.69 Å². The predicted octanol–water partition coefficient (Wildman–Crippen LogP) is 5.09. The Morgan fingerprint density at radius 1 is 0.909 bits per heavy atom. The number of nitrogens with one attached hydrogen (secondary N) is 1. The molecule has 0 aliphatic carbocycles. The Hall–Kier alpha value is -1.23. The van der Waals surface area contributed by atoms with Crippen LogP contribution in [0.5, 0.6) is 0 Å². The summed E-state index contributed by atoms with van der Waals surface area (Å²) in [5.41, 5.74) is 1.64. The molecular formula is C16H17Cl2NO2S. The molecule has 0 aliphatic rings. The predicted molar refractivity (Wildman–Crippen MR) is 92.4 cm³/mol. The van der Waals surface area contributed by atoms with Gasteiger partial charge < -0.3 is 0 Å². The van der Waals surface area contributed by atoms with Gasteiger partial charge in [-0.3, -0.25) is 4.72 Å². The molecule has 0 fully saturated rings. The molecule has 0 radical (unpaired) electrons. The maximum Gasteiger partial charge on any atom is 0.261 e. The zero-order valence-corrected chi connectivity index (χ0v) is 14.9. The molecule has 6 heteroatoms. The summed E-state index contributed by atoms with van der Waals surface area (Å²) >= 11 is 11.7. The number of sulfonamides is 1. The number of halogens is 2. The standard InChI is InChI=1S/C16H17Cl2NO2S/c1-16(2,3)11-4-6-12(7-5-11)19-22(20,21)13-8-9-14(17)15(18)10-13/h4-10,19H,1-3H3. The van der Waals surface area contributed by atoms with Crippen LogP contribution in [0.2, 0.25) is 10.0 Å². The van der Waals surface area contributed by atoms with Crippen LogP contribution in [0.15, 0.2) is 47.4 Å². The summed E-state index contributed by atoms with van der Waals surface area (Å²) in [6.07, 6.45) is 0. The molecule has 2 aromatic carbocycles. The quantitative estimate of drug-likeness (QED) is 0.831. The highest BCUT2D eigenvalue weighted by Gasteiger charge is 2.17. The minimum Gasteiger partial charge on any atom is -0.280 e. The lowest BCUT2D eigenvalue weighted by molar-refractivity contribution is 0.590. The first-order valence-electron chi connectivity index (χ1n) is 6.68. The second-order valence-electron chi connectivity index (χ2n) is 6.01. The summed E-state index contributed by atoms with van der Waals surface area (Å²) in [4.78, 5) is 0.0711. The first kappa shape index (κ1) is 17.1. The zero-order valence-electron chi connectivity index (χ0n) is 12.5. The van der Waals surface area contributed by atoms with Crippen LogP contribution in [0, 0.1) is 0 Å². The molecule has 0 saturated carbocycles. The molecule has 118 valence electrons. The zero-order chi connectivity index (χ0) is 16.5. The normalized spacial score (nSPS) is 12.2. The second kappa shape index (κ2) is 6.11. The molecule has 0 amide bonds. The summed E-state index contributed by atoms with van der Waals surface area (Å²) in [6.45, 7) is 6.30. The van der Waals surface area contributed by atoms with Gasteiger partial charge in [-0.25, -0.2) is 8.42 Å². The molecule has 2 rings (SSSR count). The number of hydrogen-bond acceptors (Lipinski definition) is 2. The van der Waals surface area contributed by atoms with E-state index in [4.69, 9.17) is 23.2 Å². The van der Waals surface area contributed by atoms with E-state index < -0.39 is 10.0 Å². The van der Waals surface area contributed by atoms with Crippen molar-refractivity contribution in [3.63, 3.8) is 0 Å². The van der Waals surface area contributed by atoms with E-state index in [0.717, 1.165) is 5.56 Å². The summed E-state index contributed by atoms with van der Waals surface area (Å²) in [7, 11) is -3.69. The van der Waals surface area contributed by atoms with Gasteiger partial charge in [-0.1, -0.05) is 56.1 Å². The van der Waals surface area contributed by atoms with E-state index >= 15 is 0 Å². The second-order valence-corrected chi connectivity index (χ2v) is 8.51. The van der Waals surface area contributed by atoms with Crippen molar-refractivity contribution in [2.24, 2.45) is 0 Å². The average molecular weight is 358 g/mol. The Morgan fingerprint density at radius 3 is 2.00 bits per heavy atom. The molecule has 3 nitrogen and oxygen atoms in total. The number of hydrogen-bond donors (Lipinski definition) is 1. The van der Waals surface area contributed by atoms with Gasteiger partial charge in [0.25, 0.3) is 10.0 Å². The van der Waals surface area contributed by atoms with Crippen molar-refractivity contribution in [3.8, 4) is 0 Å². The third kappa shape index (κ3) is 3.94. The van der Waals surface area contributed by atoms with Gasteiger partial charge in [0.15, 0.2) is 0 Å². The minimum absolute atomic E-state index is 0.0150. The molecule has 0 atom stereocenters. The summed E-state index contributed by atoms with van der Waals surface area (Å²) in [6, 6.07) is 11.5. The molecular weight excluding hydrogens is 341 g/mol. The summed E-state index contributed by atoms with van der Waals surface area (Å²) < 4.78 is 27.2. The summed E-state index contributed by atoms with van der Waals surface area (Å²) in [5, 5.41) is 0.516. The average Bonchev–Trinajstić information content (AvgIpc) is 2.41. The molecule has 0 unspecified atom stereocenters. The lowest BCUT2D eigenvalue weighted by Gasteiger charge is -2.19. The molecule has 2 aromatic rings. The fourth-order valence-electron chi connectivity index (χ4n) is 1.90. The molecule has 22 heavy (non-hydrogen) atoms. The Labute approximate surface area is 141 Å². The van der Waals surface area contributed by atoms with E-state index in [9.17, 15) is 8.42 Å². The summed E-state index contributed by atoms with van der Waals surface area (Å²) in [5.74, 6) is 0. The van der Waals surface area contributed by atoms with Gasteiger partial charge in [0.05, 0.1) is 14.9 Å². The van der Waals surface area contributed by atoms with Crippen LogP contribution in [0.25, 0.3) is 0 Å².